The van der Waals surface area contributed by atoms with Crippen molar-refractivity contribution in [2.24, 2.45) is 0 Å². The smallest absolute Gasteiger partial charge is 0.407 e. The van der Waals surface area contributed by atoms with Gasteiger partial charge in [-0.3, -0.25) is 4.79 Å². The lowest BCUT2D eigenvalue weighted by Crippen LogP contribution is -2.23. The fourth-order valence-electron chi connectivity index (χ4n) is 1.60. The van der Waals surface area contributed by atoms with Crippen molar-refractivity contribution in [3.05, 3.63) is 33.8 Å². The van der Waals surface area contributed by atoms with Crippen molar-refractivity contribution in [2.75, 3.05) is 13.2 Å². The second-order valence-electron chi connectivity index (χ2n) is 4.00. The minimum atomic E-state index is -0.501. The van der Waals surface area contributed by atoms with Crippen LogP contribution in [0, 0.1) is 0 Å². The minimum absolute atomic E-state index is 0.0213. The Balaban J connectivity index is 1.84. The number of alkyl carbamates (subject to hydrolysis) is 1. The molecule has 1 aliphatic rings. The van der Waals surface area contributed by atoms with Crippen LogP contribution in [0.15, 0.2) is 18.2 Å². The number of nitrogens with one attached hydrogen (secondary N) is 1. The van der Waals surface area contributed by atoms with Gasteiger partial charge in [0, 0.05) is 10.0 Å². The van der Waals surface area contributed by atoms with Crippen LogP contribution in [0.4, 0.5) is 4.79 Å². The van der Waals surface area contributed by atoms with Crippen LogP contribution in [0.5, 0.6) is 0 Å². The van der Waals surface area contributed by atoms with Crippen molar-refractivity contribution in [2.45, 2.75) is 12.5 Å². The fourth-order valence-corrected chi connectivity index (χ4v) is 1.98. The summed E-state index contributed by atoms with van der Waals surface area (Å²) in [7, 11) is 0. The van der Waals surface area contributed by atoms with Crippen LogP contribution in [0.3, 0.4) is 0 Å². The van der Waals surface area contributed by atoms with Gasteiger partial charge in [0.2, 0.25) is 0 Å². The van der Waals surface area contributed by atoms with E-state index in [9.17, 15) is 9.59 Å². The molecule has 1 aromatic carbocycles. The molecule has 0 radical (unpaired) electrons. The summed E-state index contributed by atoms with van der Waals surface area (Å²) in [5.41, 5.74) is 0.598. The van der Waals surface area contributed by atoms with Gasteiger partial charge in [0.15, 0.2) is 6.10 Å². The number of cyclic esters (lactones) is 1. The van der Waals surface area contributed by atoms with Gasteiger partial charge in [0.1, 0.15) is 6.61 Å². The predicted molar refractivity (Wildman–Crippen MR) is 69.4 cm³/mol. The molecule has 1 atom stereocenters. The summed E-state index contributed by atoms with van der Waals surface area (Å²) in [5, 5.41) is 3.42. The van der Waals surface area contributed by atoms with Gasteiger partial charge in [0.25, 0.3) is 0 Å². The standard InChI is InChI=1S/C12H11Cl2NO4/c13-8-1-2-10(14)7(3-8)4-11(16)18-6-9-5-15-12(17)19-9/h1-3,9H,4-6H2,(H,15,17)/t9-/m1/s1. The van der Waals surface area contributed by atoms with Gasteiger partial charge < -0.3 is 14.8 Å². The maximum Gasteiger partial charge on any atom is 0.407 e. The van der Waals surface area contributed by atoms with Crippen LogP contribution in [0.1, 0.15) is 5.56 Å². The summed E-state index contributed by atoms with van der Waals surface area (Å²) in [6, 6.07) is 4.87. The third kappa shape index (κ3) is 4.01. The van der Waals surface area contributed by atoms with E-state index in [4.69, 9.17) is 32.7 Å². The van der Waals surface area contributed by atoms with E-state index in [1.807, 2.05) is 0 Å². The lowest BCUT2D eigenvalue weighted by atomic mass is 10.1. The Hall–Kier alpha value is -1.46. The molecule has 0 unspecified atom stereocenters. The summed E-state index contributed by atoms with van der Waals surface area (Å²) in [4.78, 5) is 22.4. The van der Waals surface area contributed by atoms with Crippen LogP contribution in [-0.4, -0.2) is 31.3 Å². The molecule has 102 valence electrons. The van der Waals surface area contributed by atoms with E-state index in [-0.39, 0.29) is 13.0 Å². The first-order valence-electron chi connectivity index (χ1n) is 5.58. The van der Waals surface area contributed by atoms with Gasteiger partial charge in [-0.2, -0.15) is 0 Å². The zero-order chi connectivity index (χ0) is 13.8. The van der Waals surface area contributed by atoms with Crippen molar-refractivity contribution in [3.63, 3.8) is 0 Å². The topological polar surface area (TPSA) is 64.6 Å². The van der Waals surface area contributed by atoms with E-state index >= 15 is 0 Å². The number of halogens is 2. The van der Waals surface area contributed by atoms with Crippen molar-refractivity contribution >= 4 is 35.3 Å². The highest BCUT2D eigenvalue weighted by Crippen LogP contribution is 2.21. The molecular weight excluding hydrogens is 293 g/mol. The van der Waals surface area contributed by atoms with Gasteiger partial charge in [0.05, 0.1) is 13.0 Å². The van der Waals surface area contributed by atoms with Gasteiger partial charge in [-0.05, 0) is 23.8 Å². The quantitative estimate of drug-likeness (QED) is 0.866. The number of benzene rings is 1. The van der Waals surface area contributed by atoms with Gasteiger partial charge in [-0.15, -0.1) is 0 Å². The maximum absolute atomic E-state index is 11.6. The molecular formula is C12H11Cl2NO4. The van der Waals surface area contributed by atoms with Gasteiger partial charge in [-0.1, -0.05) is 23.2 Å². The van der Waals surface area contributed by atoms with Crippen molar-refractivity contribution < 1.29 is 19.1 Å². The first-order chi connectivity index (χ1) is 9.04. The molecule has 1 N–H and O–H groups in total. The SMILES string of the molecule is O=C(Cc1cc(Cl)ccc1Cl)OC[C@H]1CNC(=O)O1. The normalized spacial score (nSPS) is 17.8. The lowest BCUT2D eigenvalue weighted by molar-refractivity contribution is -0.145. The molecule has 1 aliphatic heterocycles. The summed E-state index contributed by atoms with van der Waals surface area (Å²) in [5.74, 6) is -0.452. The van der Waals surface area contributed by atoms with Crippen molar-refractivity contribution in [1.82, 2.24) is 5.32 Å². The van der Waals surface area contributed by atoms with E-state index < -0.39 is 18.2 Å². The molecule has 0 bridgehead atoms. The zero-order valence-electron chi connectivity index (χ0n) is 9.82. The number of rotatable bonds is 4. The molecule has 1 aromatic rings. The molecule has 0 aromatic heterocycles. The zero-order valence-corrected chi connectivity index (χ0v) is 11.3. The van der Waals surface area contributed by atoms with E-state index in [1.165, 1.54) is 0 Å². The molecule has 0 spiro atoms. The summed E-state index contributed by atoms with van der Waals surface area (Å²) >= 11 is 11.8. The second kappa shape index (κ2) is 6.12. The third-order valence-electron chi connectivity index (χ3n) is 2.52. The van der Waals surface area contributed by atoms with Crippen LogP contribution >= 0.6 is 23.2 Å². The number of ether oxygens (including phenoxy) is 2. The molecule has 0 saturated carbocycles. The molecule has 1 heterocycles. The average Bonchev–Trinajstić information content (AvgIpc) is 2.77. The molecule has 7 heteroatoms. The Bertz CT molecular complexity index is 507. The predicted octanol–water partition coefficient (Wildman–Crippen LogP) is 2.19. The van der Waals surface area contributed by atoms with Crippen LogP contribution in [-0.2, 0) is 20.7 Å². The monoisotopic (exact) mass is 303 g/mol. The maximum atomic E-state index is 11.6. The highest BCUT2D eigenvalue weighted by molar-refractivity contribution is 6.33. The molecule has 1 saturated heterocycles. The number of carbonyl (C=O) groups is 2. The van der Waals surface area contributed by atoms with Crippen LogP contribution < -0.4 is 5.32 Å². The third-order valence-corrected chi connectivity index (χ3v) is 3.12. The highest BCUT2D eigenvalue weighted by atomic mass is 35.5. The number of hydrogen-bond donors (Lipinski definition) is 1. The second-order valence-corrected chi connectivity index (χ2v) is 4.85. The number of carbonyl (C=O) groups excluding carboxylic acids is 2. The van der Waals surface area contributed by atoms with E-state index in [2.05, 4.69) is 5.32 Å². The Morgan fingerprint density at radius 2 is 2.26 bits per heavy atom. The van der Waals surface area contributed by atoms with Crippen molar-refractivity contribution in [1.29, 1.82) is 0 Å². The van der Waals surface area contributed by atoms with E-state index in [1.54, 1.807) is 18.2 Å². The Morgan fingerprint density at radius 3 is 2.95 bits per heavy atom. The van der Waals surface area contributed by atoms with Crippen molar-refractivity contribution in [3.8, 4) is 0 Å². The summed E-state index contributed by atoms with van der Waals surface area (Å²) < 4.78 is 9.85. The molecule has 5 nitrogen and oxygen atoms in total. The summed E-state index contributed by atoms with van der Waals surface area (Å²) in [6.07, 6.45) is -0.918. The number of amides is 1. The lowest BCUT2D eigenvalue weighted by Gasteiger charge is -2.09. The molecule has 19 heavy (non-hydrogen) atoms. The van der Waals surface area contributed by atoms with E-state index in [0.717, 1.165) is 0 Å². The Morgan fingerprint density at radius 1 is 1.47 bits per heavy atom. The Labute approximate surface area is 119 Å². The molecule has 1 amide bonds. The number of esters is 1. The van der Waals surface area contributed by atoms with Crippen LogP contribution in [0.25, 0.3) is 0 Å². The van der Waals surface area contributed by atoms with Gasteiger partial charge in [-0.25, -0.2) is 4.79 Å². The molecule has 2 rings (SSSR count). The average molecular weight is 304 g/mol. The molecule has 1 fully saturated rings. The highest BCUT2D eigenvalue weighted by Gasteiger charge is 2.23. The fraction of sp³-hybridized carbons (Fsp3) is 0.333. The molecule has 0 aliphatic carbocycles. The first-order valence-corrected chi connectivity index (χ1v) is 6.34. The minimum Gasteiger partial charge on any atom is -0.461 e. The van der Waals surface area contributed by atoms with Crippen LogP contribution in [0.2, 0.25) is 10.0 Å². The Kier molecular flexibility index (Phi) is 4.50. The first kappa shape index (κ1) is 14.0. The number of hydrogen-bond acceptors (Lipinski definition) is 4. The van der Waals surface area contributed by atoms with E-state index in [0.29, 0.717) is 22.2 Å². The van der Waals surface area contributed by atoms with Gasteiger partial charge >= 0.3 is 12.1 Å². The largest absolute Gasteiger partial charge is 0.461 e. The summed E-state index contributed by atoms with van der Waals surface area (Å²) in [6.45, 7) is 0.361.